The Morgan fingerprint density at radius 1 is 1.58 bits per heavy atom. The molecular formula is C12H19N3O2S2. The van der Waals surface area contributed by atoms with Crippen LogP contribution >= 0.6 is 11.3 Å². The van der Waals surface area contributed by atoms with Gasteiger partial charge in [0.15, 0.2) is 9.92 Å². The molecule has 0 fully saturated rings. The lowest BCUT2D eigenvalue weighted by atomic mass is 10.0. The van der Waals surface area contributed by atoms with Gasteiger partial charge in [-0.2, -0.15) is 0 Å². The summed E-state index contributed by atoms with van der Waals surface area (Å²) in [7, 11) is -3.21. The second kappa shape index (κ2) is 6.42. The van der Waals surface area contributed by atoms with Crippen LogP contribution in [0.1, 0.15) is 25.1 Å². The SMILES string of the molecule is C=Cc1ccc(S(N)(=O)=NC(=O)[C@@H](N)CC(C)C)s1. The highest BCUT2D eigenvalue weighted by Gasteiger charge is 2.18. The monoisotopic (exact) mass is 301 g/mol. The van der Waals surface area contributed by atoms with Gasteiger partial charge in [-0.3, -0.25) is 4.79 Å². The van der Waals surface area contributed by atoms with E-state index in [1.807, 2.05) is 13.8 Å². The van der Waals surface area contributed by atoms with Crippen LogP contribution < -0.4 is 10.9 Å². The van der Waals surface area contributed by atoms with Crippen molar-refractivity contribution in [3.8, 4) is 0 Å². The number of amides is 1. The zero-order chi connectivity index (χ0) is 14.6. The molecule has 0 aliphatic heterocycles. The van der Waals surface area contributed by atoms with Crippen molar-refractivity contribution in [2.75, 3.05) is 0 Å². The smallest absolute Gasteiger partial charge is 0.271 e. The molecule has 0 aliphatic rings. The third-order valence-corrected chi connectivity index (χ3v) is 5.37. The summed E-state index contributed by atoms with van der Waals surface area (Å²) in [4.78, 5) is 12.6. The molecule has 0 saturated carbocycles. The Morgan fingerprint density at radius 3 is 2.68 bits per heavy atom. The zero-order valence-electron chi connectivity index (χ0n) is 11.0. The Labute approximate surface area is 118 Å². The van der Waals surface area contributed by atoms with Crippen molar-refractivity contribution in [2.45, 2.75) is 30.5 Å². The van der Waals surface area contributed by atoms with Crippen LogP contribution in [0.5, 0.6) is 0 Å². The third kappa shape index (κ3) is 4.54. The fourth-order valence-electron chi connectivity index (χ4n) is 1.46. The van der Waals surface area contributed by atoms with Gasteiger partial charge in [-0.05, 0) is 24.5 Å². The molecule has 1 amide bonds. The van der Waals surface area contributed by atoms with Gasteiger partial charge in [0.1, 0.15) is 4.21 Å². The van der Waals surface area contributed by atoms with Crippen LogP contribution in [0.2, 0.25) is 0 Å². The van der Waals surface area contributed by atoms with E-state index in [4.69, 9.17) is 10.9 Å². The number of hydrogen-bond acceptors (Lipinski definition) is 4. The molecule has 19 heavy (non-hydrogen) atoms. The molecule has 1 heterocycles. The highest BCUT2D eigenvalue weighted by atomic mass is 32.2. The first-order chi connectivity index (χ1) is 8.76. The van der Waals surface area contributed by atoms with Crippen LogP contribution in [0, 0.1) is 5.92 Å². The predicted octanol–water partition coefficient (Wildman–Crippen LogP) is 1.99. The third-order valence-electron chi connectivity index (χ3n) is 2.36. The summed E-state index contributed by atoms with van der Waals surface area (Å²) in [5.74, 6) is -0.355. The first-order valence-electron chi connectivity index (χ1n) is 5.83. The molecular weight excluding hydrogens is 282 g/mol. The van der Waals surface area contributed by atoms with Gasteiger partial charge >= 0.3 is 0 Å². The fourth-order valence-corrected chi connectivity index (χ4v) is 3.68. The summed E-state index contributed by atoms with van der Waals surface area (Å²) < 4.78 is 16.2. The lowest BCUT2D eigenvalue weighted by molar-refractivity contribution is -0.119. The van der Waals surface area contributed by atoms with Gasteiger partial charge in [-0.1, -0.05) is 26.5 Å². The topological polar surface area (TPSA) is 98.5 Å². The lowest BCUT2D eigenvalue weighted by Gasteiger charge is -2.10. The van der Waals surface area contributed by atoms with Crippen LogP contribution in [0.25, 0.3) is 6.08 Å². The highest BCUT2D eigenvalue weighted by Crippen LogP contribution is 2.22. The van der Waals surface area contributed by atoms with Gasteiger partial charge in [0.2, 0.25) is 0 Å². The standard InChI is InChI=1S/C12H19N3O2S2/c1-4-9-5-6-11(18-9)19(14,17)15-12(16)10(13)7-8(2)3/h4-6,8,10H,1,7,13H2,2-3H3,(H2,14,15,16,17)/t10-,19?/m0/s1. The van der Waals surface area contributed by atoms with Crippen molar-refractivity contribution < 1.29 is 9.00 Å². The molecule has 1 rings (SSSR count). The number of hydrogen-bond donors (Lipinski definition) is 2. The van der Waals surface area contributed by atoms with Gasteiger partial charge in [0, 0.05) is 4.88 Å². The van der Waals surface area contributed by atoms with Gasteiger partial charge < -0.3 is 5.73 Å². The minimum atomic E-state index is -3.21. The molecule has 4 N–H and O–H groups in total. The molecule has 0 saturated heterocycles. The number of carbonyl (C=O) groups is 1. The van der Waals surface area contributed by atoms with E-state index >= 15 is 0 Å². The van der Waals surface area contributed by atoms with Gasteiger partial charge in [0.05, 0.1) is 6.04 Å². The molecule has 0 spiro atoms. The lowest BCUT2D eigenvalue weighted by Crippen LogP contribution is -2.32. The summed E-state index contributed by atoms with van der Waals surface area (Å²) in [5, 5.41) is 5.64. The second-order valence-electron chi connectivity index (χ2n) is 4.60. The average molecular weight is 301 g/mol. The molecule has 0 aliphatic carbocycles. The average Bonchev–Trinajstić information content (AvgIpc) is 2.76. The molecule has 1 aromatic rings. The van der Waals surface area contributed by atoms with Crippen LogP contribution in [0.15, 0.2) is 27.3 Å². The maximum absolute atomic E-state index is 12.2. The Balaban J connectivity index is 2.98. The second-order valence-corrected chi connectivity index (χ2v) is 7.73. The molecule has 1 unspecified atom stereocenters. The summed E-state index contributed by atoms with van der Waals surface area (Å²) in [6.45, 7) is 7.50. The first-order valence-corrected chi connectivity index (χ1v) is 8.22. The van der Waals surface area contributed by atoms with Crippen molar-refractivity contribution in [1.29, 1.82) is 0 Å². The molecule has 2 atom stereocenters. The van der Waals surface area contributed by atoms with Gasteiger partial charge in [-0.15, -0.1) is 15.7 Å². The maximum atomic E-state index is 12.2. The number of thiophene rings is 1. The van der Waals surface area contributed by atoms with E-state index in [1.54, 1.807) is 18.2 Å². The predicted molar refractivity (Wildman–Crippen MR) is 79.9 cm³/mol. The summed E-state index contributed by atoms with van der Waals surface area (Å²) in [6.07, 6.45) is 2.11. The number of rotatable bonds is 5. The van der Waals surface area contributed by atoms with Crippen molar-refractivity contribution in [3.63, 3.8) is 0 Å². The fraction of sp³-hybridized carbons (Fsp3) is 0.417. The number of nitrogens with zero attached hydrogens (tertiary/aromatic N) is 1. The molecule has 1 aromatic heterocycles. The van der Waals surface area contributed by atoms with E-state index in [2.05, 4.69) is 10.9 Å². The van der Waals surface area contributed by atoms with Crippen molar-refractivity contribution in [2.24, 2.45) is 21.2 Å². The van der Waals surface area contributed by atoms with E-state index in [0.29, 0.717) is 10.6 Å². The Bertz CT molecular complexity index is 584. The maximum Gasteiger partial charge on any atom is 0.271 e. The van der Waals surface area contributed by atoms with E-state index in [9.17, 15) is 9.00 Å². The van der Waals surface area contributed by atoms with E-state index in [0.717, 1.165) is 4.88 Å². The van der Waals surface area contributed by atoms with Crippen LogP contribution in [-0.4, -0.2) is 16.2 Å². The van der Waals surface area contributed by atoms with Crippen molar-refractivity contribution in [1.82, 2.24) is 0 Å². The zero-order valence-corrected chi connectivity index (χ0v) is 12.7. The van der Waals surface area contributed by atoms with E-state index < -0.39 is 21.9 Å². The van der Waals surface area contributed by atoms with E-state index in [-0.39, 0.29) is 5.92 Å². The molecule has 7 heteroatoms. The molecule has 0 radical (unpaired) electrons. The van der Waals surface area contributed by atoms with Crippen LogP contribution in [0.4, 0.5) is 0 Å². The molecule has 5 nitrogen and oxygen atoms in total. The largest absolute Gasteiger partial charge is 0.320 e. The Hall–Kier alpha value is -1.02. The molecule has 106 valence electrons. The van der Waals surface area contributed by atoms with Gasteiger partial charge in [-0.25, -0.2) is 9.35 Å². The minimum Gasteiger partial charge on any atom is -0.320 e. The number of carbonyl (C=O) groups excluding carboxylic acids is 1. The van der Waals surface area contributed by atoms with Crippen molar-refractivity contribution >= 4 is 33.2 Å². The molecule has 0 aromatic carbocycles. The highest BCUT2D eigenvalue weighted by molar-refractivity contribution is 7.93. The number of nitrogens with two attached hydrogens (primary N) is 2. The molecule has 0 bridgehead atoms. The van der Waals surface area contributed by atoms with E-state index in [1.165, 1.54) is 11.3 Å². The minimum absolute atomic E-state index is 0.261. The Morgan fingerprint density at radius 2 is 2.21 bits per heavy atom. The normalized spacial score (nSPS) is 15.8. The van der Waals surface area contributed by atoms with Gasteiger partial charge in [0.25, 0.3) is 5.91 Å². The first kappa shape index (κ1) is 16.0. The summed E-state index contributed by atoms with van der Waals surface area (Å²) in [6, 6.07) is 2.56. The van der Waals surface area contributed by atoms with Crippen molar-refractivity contribution in [3.05, 3.63) is 23.6 Å². The summed E-state index contributed by atoms with van der Waals surface area (Å²) >= 11 is 1.20. The summed E-state index contributed by atoms with van der Waals surface area (Å²) in [5.41, 5.74) is 5.70. The van der Waals surface area contributed by atoms with Crippen LogP contribution in [0.3, 0.4) is 0 Å². The Kier molecular flexibility index (Phi) is 5.42. The van der Waals surface area contributed by atoms with Crippen LogP contribution in [-0.2, 0) is 14.7 Å². The quantitative estimate of drug-likeness (QED) is 0.870.